The van der Waals surface area contributed by atoms with Gasteiger partial charge in [0.1, 0.15) is 0 Å². The van der Waals surface area contributed by atoms with Crippen LogP contribution in [0.4, 0.5) is 0 Å². The molecule has 1 rings (SSSR count). The van der Waals surface area contributed by atoms with E-state index in [1.54, 1.807) is 7.11 Å². The lowest BCUT2D eigenvalue weighted by Crippen LogP contribution is -2.44. The highest BCUT2D eigenvalue weighted by molar-refractivity contribution is 4.85. The fourth-order valence-electron chi connectivity index (χ4n) is 2.08. The van der Waals surface area contributed by atoms with Gasteiger partial charge in [-0.15, -0.1) is 0 Å². The lowest BCUT2D eigenvalue weighted by Gasteiger charge is -2.32. The molecule has 0 radical (unpaired) electrons. The zero-order valence-electron chi connectivity index (χ0n) is 8.86. The number of aliphatic hydroxyl groups is 1. The zero-order chi connectivity index (χ0) is 9.84. The van der Waals surface area contributed by atoms with Gasteiger partial charge in [0.15, 0.2) is 0 Å². The van der Waals surface area contributed by atoms with Crippen LogP contribution in [0.3, 0.4) is 0 Å². The summed E-state index contributed by atoms with van der Waals surface area (Å²) >= 11 is 0. The van der Waals surface area contributed by atoms with Gasteiger partial charge in [0.2, 0.25) is 0 Å². The van der Waals surface area contributed by atoms with Crippen LogP contribution in [0.15, 0.2) is 0 Å². The SMILES string of the molecule is COCC(C)N(C)[C@H]1CCC[C@@H]1O. The highest BCUT2D eigenvalue weighted by atomic mass is 16.5. The minimum atomic E-state index is -0.135. The van der Waals surface area contributed by atoms with Gasteiger partial charge in [-0.1, -0.05) is 0 Å². The Morgan fingerprint density at radius 1 is 1.54 bits per heavy atom. The molecule has 3 heteroatoms. The first-order chi connectivity index (χ1) is 6.16. The van der Waals surface area contributed by atoms with Crippen LogP contribution in [0.25, 0.3) is 0 Å². The summed E-state index contributed by atoms with van der Waals surface area (Å²) in [5.74, 6) is 0. The molecule has 0 aromatic carbocycles. The fourth-order valence-corrected chi connectivity index (χ4v) is 2.08. The minimum Gasteiger partial charge on any atom is -0.391 e. The smallest absolute Gasteiger partial charge is 0.0695 e. The number of aliphatic hydroxyl groups excluding tert-OH is 1. The van der Waals surface area contributed by atoms with Crippen LogP contribution >= 0.6 is 0 Å². The third-order valence-corrected chi connectivity index (χ3v) is 3.07. The maximum absolute atomic E-state index is 9.69. The van der Waals surface area contributed by atoms with E-state index in [-0.39, 0.29) is 6.10 Å². The van der Waals surface area contributed by atoms with Gasteiger partial charge in [-0.2, -0.15) is 0 Å². The Balaban J connectivity index is 2.40. The van der Waals surface area contributed by atoms with E-state index in [0.29, 0.717) is 12.1 Å². The highest BCUT2D eigenvalue weighted by Gasteiger charge is 2.30. The summed E-state index contributed by atoms with van der Waals surface area (Å²) in [7, 11) is 3.79. The lowest BCUT2D eigenvalue weighted by atomic mass is 10.1. The summed E-state index contributed by atoms with van der Waals surface area (Å²) in [4.78, 5) is 2.24. The number of nitrogens with zero attached hydrogens (tertiary/aromatic N) is 1. The molecule has 0 aliphatic heterocycles. The van der Waals surface area contributed by atoms with Crippen LogP contribution in [-0.4, -0.2) is 49.0 Å². The molecule has 78 valence electrons. The Hall–Kier alpha value is -0.120. The van der Waals surface area contributed by atoms with Crippen LogP contribution in [-0.2, 0) is 4.74 Å². The van der Waals surface area contributed by atoms with Gasteiger partial charge in [-0.25, -0.2) is 0 Å². The van der Waals surface area contributed by atoms with Gasteiger partial charge in [-0.05, 0) is 33.2 Å². The average Bonchev–Trinajstić information content (AvgIpc) is 2.50. The first-order valence-corrected chi connectivity index (χ1v) is 5.05. The maximum atomic E-state index is 9.69. The molecule has 1 fully saturated rings. The minimum absolute atomic E-state index is 0.135. The van der Waals surface area contributed by atoms with E-state index >= 15 is 0 Å². The van der Waals surface area contributed by atoms with E-state index in [9.17, 15) is 5.11 Å². The van der Waals surface area contributed by atoms with Crippen molar-refractivity contribution in [3.05, 3.63) is 0 Å². The Bertz CT molecular complexity index is 152. The van der Waals surface area contributed by atoms with Crippen molar-refractivity contribution in [2.75, 3.05) is 20.8 Å². The second-order valence-corrected chi connectivity index (χ2v) is 4.04. The second-order valence-electron chi connectivity index (χ2n) is 4.04. The molecule has 0 heterocycles. The summed E-state index contributed by atoms with van der Waals surface area (Å²) in [6, 6.07) is 0.730. The van der Waals surface area contributed by atoms with Crippen molar-refractivity contribution >= 4 is 0 Å². The third kappa shape index (κ3) is 2.66. The number of methoxy groups -OCH3 is 1. The second kappa shape index (κ2) is 4.94. The number of rotatable bonds is 4. The molecule has 1 aliphatic carbocycles. The molecule has 0 bridgehead atoms. The number of ether oxygens (including phenoxy) is 1. The zero-order valence-corrected chi connectivity index (χ0v) is 8.86. The van der Waals surface area contributed by atoms with Crippen molar-refractivity contribution in [3.63, 3.8) is 0 Å². The molecule has 1 aliphatic rings. The molecule has 13 heavy (non-hydrogen) atoms. The van der Waals surface area contributed by atoms with E-state index in [2.05, 4.69) is 18.9 Å². The Morgan fingerprint density at radius 3 is 2.69 bits per heavy atom. The van der Waals surface area contributed by atoms with E-state index in [1.165, 1.54) is 0 Å². The predicted octanol–water partition coefficient (Wildman–Crippen LogP) is 0.867. The maximum Gasteiger partial charge on any atom is 0.0695 e. The number of hydrogen-bond donors (Lipinski definition) is 1. The number of likely N-dealkylation sites (N-methyl/N-ethyl adjacent to an activating group) is 1. The molecule has 1 unspecified atom stereocenters. The number of hydrogen-bond acceptors (Lipinski definition) is 3. The summed E-state index contributed by atoms with van der Waals surface area (Å²) in [5.41, 5.74) is 0. The first kappa shape index (κ1) is 11.0. The standard InChI is InChI=1S/C10H21NO2/c1-8(7-13-3)11(2)9-5-4-6-10(9)12/h8-10,12H,4-7H2,1-3H3/t8?,9-,10-/m0/s1. The third-order valence-electron chi connectivity index (χ3n) is 3.07. The lowest BCUT2D eigenvalue weighted by molar-refractivity contribution is 0.0369. The molecular weight excluding hydrogens is 166 g/mol. The van der Waals surface area contributed by atoms with Gasteiger partial charge in [0, 0.05) is 19.2 Å². The molecule has 1 N–H and O–H groups in total. The molecule has 0 saturated heterocycles. The molecule has 0 amide bonds. The normalized spacial score (nSPS) is 31.2. The molecule has 0 spiro atoms. The van der Waals surface area contributed by atoms with Gasteiger partial charge < -0.3 is 9.84 Å². The van der Waals surface area contributed by atoms with E-state index in [1.807, 2.05) is 0 Å². The van der Waals surface area contributed by atoms with Crippen LogP contribution < -0.4 is 0 Å². The Labute approximate surface area is 80.7 Å². The molecular formula is C10H21NO2. The average molecular weight is 187 g/mol. The molecule has 0 aromatic heterocycles. The Morgan fingerprint density at radius 2 is 2.23 bits per heavy atom. The monoisotopic (exact) mass is 187 g/mol. The predicted molar refractivity (Wildman–Crippen MR) is 52.7 cm³/mol. The Kier molecular flexibility index (Phi) is 4.16. The summed E-state index contributed by atoms with van der Waals surface area (Å²) in [6.45, 7) is 2.87. The van der Waals surface area contributed by atoms with E-state index < -0.39 is 0 Å². The molecule has 3 nitrogen and oxygen atoms in total. The summed E-state index contributed by atoms with van der Waals surface area (Å²) in [6.07, 6.45) is 3.08. The van der Waals surface area contributed by atoms with Crippen LogP contribution in [0, 0.1) is 0 Å². The molecule has 0 aromatic rings. The van der Waals surface area contributed by atoms with Gasteiger partial charge >= 0.3 is 0 Å². The summed E-state index contributed by atoms with van der Waals surface area (Å²) in [5, 5.41) is 9.69. The van der Waals surface area contributed by atoms with E-state index in [0.717, 1.165) is 25.9 Å². The fraction of sp³-hybridized carbons (Fsp3) is 1.00. The van der Waals surface area contributed by atoms with Gasteiger partial charge in [0.25, 0.3) is 0 Å². The van der Waals surface area contributed by atoms with E-state index in [4.69, 9.17) is 4.74 Å². The topological polar surface area (TPSA) is 32.7 Å². The molecule has 3 atom stereocenters. The molecule has 1 saturated carbocycles. The first-order valence-electron chi connectivity index (χ1n) is 5.05. The quantitative estimate of drug-likeness (QED) is 0.708. The van der Waals surface area contributed by atoms with Crippen molar-refractivity contribution in [2.45, 2.75) is 44.4 Å². The van der Waals surface area contributed by atoms with Crippen molar-refractivity contribution in [1.29, 1.82) is 0 Å². The summed E-state index contributed by atoms with van der Waals surface area (Å²) < 4.78 is 5.10. The van der Waals surface area contributed by atoms with Crippen molar-refractivity contribution in [2.24, 2.45) is 0 Å². The largest absolute Gasteiger partial charge is 0.391 e. The van der Waals surface area contributed by atoms with Gasteiger partial charge in [0.05, 0.1) is 12.7 Å². The van der Waals surface area contributed by atoms with Crippen LogP contribution in [0.5, 0.6) is 0 Å². The van der Waals surface area contributed by atoms with Crippen LogP contribution in [0.2, 0.25) is 0 Å². The van der Waals surface area contributed by atoms with Crippen molar-refractivity contribution in [3.8, 4) is 0 Å². The van der Waals surface area contributed by atoms with Gasteiger partial charge in [-0.3, -0.25) is 4.90 Å². The van der Waals surface area contributed by atoms with Crippen LogP contribution in [0.1, 0.15) is 26.2 Å². The van der Waals surface area contributed by atoms with Crippen molar-refractivity contribution < 1.29 is 9.84 Å². The van der Waals surface area contributed by atoms with Crippen molar-refractivity contribution in [1.82, 2.24) is 4.90 Å². The highest BCUT2D eigenvalue weighted by Crippen LogP contribution is 2.24.